The third kappa shape index (κ3) is 2.91. The Hall–Kier alpha value is -0.240. The minimum absolute atomic E-state index is 0.423. The third-order valence-corrected chi connectivity index (χ3v) is 3.89. The van der Waals surface area contributed by atoms with Gasteiger partial charge in [-0.05, 0) is 43.4 Å². The summed E-state index contributed by atoms with van der Waals surface area (Å²) in [4.78, 5) is 0. The average Bonchev–Trinajstić information content (AvgIpc) is 2.88. The zero-order chi connectivity index (χ0) is 11.7. The van der Waals surface area contributed by atoms with E-state index in [9.17, 15) is 0 Å². The summed E-state index contributed by atoms with van der Waals surface area (Å²) in [5, 5.41) is 5.13. The summed E-state index contributed by atoms with van der Waals surface area (Å²) >= 11 is 12.3. The highest BCUT2D eigenvalue weighted by Gasteiger charge is 2.33. The molecule has 0 saturated heterocycles. The van der Waals surface area contributed by atoms with Gasteiger partial charge in [0, 0.05) is 22.1 Å². The van der Waals surface area contributed by atoms with Crippen molar-refractivity contribution < 1.29 is 0 Å². The molecule has 1 aliphatic rings. The largest absolute Gasteiger partial charge is 0.311 e. The highest BCUT2D eigenvalue weighted by molar-refractivity contribution is 6.35. The normalized spacial score (nSPS) is 25.5. The Bertz CT molecular complexity index is 358. The van der Waals surface area contributed by atoms with Gasteiger partial charge in [0.2, 0.25) is 0 Å². The van der Waals surface area contributed by atoms with E-state index in [0.717, 1.165) is 27.9 Å². The maximum atomic E-state index is 6.14. The minimum atomic E-state index is 0.423. The van der Waals surface area contributed by atoms with Crippen molar-refractivity contribution in [3.8, 4) is 0 Å². The monoisotopic (exact) mass is 257 g/mol. The number of hydrogen-bond acceptors (Lipinski definition) is 1. The fourth-order valence-electron chi connectivity index (χ4n) is 2.01. The van der Waals surface area contributed by atoms with Crippen LogP contribution in [0.4, 0.5) is 0 Å². The van der Waals surface area contributed by atoms with Gasteiger partial charge in [-0.3, -0.25) is 0 Å². The van der Waals surface area contributed by atoms with Crippen LogP contribution in [0.5, 0.6) is 0 Å². The molecule has 3 atom stereocenters. The van der Waals surface area contributed by atoms with Crippen LogP contribution in [-0.4, -0.2) is 12.1 Å². The molecule has 1 fully saturated rings. The number of halogens is 2. The van der Waals surface area contributed by atoms with E-state index in [4.69, 9.17) is 23.2 Å². The SMILES string of the molecule is CC(Cc1c(Cl)cccc1Cl)NC1CC1C. The topological polar surface area (TPSA) is 12.0 Å². The number of nitrogens with one attached hydrogen (secondary N) is 1. The molecule has 1 saturated carbocycles. The van der Waals surface area contributed by atoms with Crippen LogP contribution >= 0.6 is 23.2 Å². The zero-order valence-corrected chi connectivity index (χ0v) is 11.1. The molecule has 0 amide bonds. The number of benzene rings is 1. The Labute approximate surface area is 107 Å². The van der Waals surface area contributed by atoms with Crippen molar-refractivity contribution in [2.75, 3.05) is 0 Å². The van der Waals surface area contributed by atoms with Crippen molar-refractivity contribution in [1.82, 2.24) is 5.32 Å². The van der Waals surface area contributed by atoms with E-state index in [0.29, 0.717) is 12.1 Å². The predicted octanol–water partition coefficient (Wildman–Crippen LogP) is 3.92. The average molecular weight is 258 g/mol. The Morgan fingerprint density at radius 3 is 2.44 bits per heavy atom. The second-order valence-corrected chi connectivity index (χ2v) is 5.61. The van der Waals surface area contributed by atoms with Gasteiger partial charge in [0.05, 0.1) is 0 Å². The van der Waals surface area contributed by atoms with Crippen LogP contribution in [-0.2, 0) is 6.42 Å². The molecule has 0 spiro atoms. The highest BCUT2D eigenvalue weighted by Crippen LogP contribution is 2.31. The Morgan fingerprint density at radius 1 is 1.38 bits per heavy atom. The standard InChI is InChI=1S/C13H17Cl2N/c1-8-6-13(8)16-9(2)7-10-11(14)4-3-5-12(10)15/h3-5,8-9,13,16H,6-7H2,1-2H3. The van der Waals surface area contributed by atoms with Crippen molar-refractivity contribution in [2.45, 2.75) is 38.8 Å². The lowest BCUT2D eigenvalue weighted by Gasteiger charge is -2.15. The van der Waals surface area contributed by atoms with E-state index >= 15 is 0 Å². The van der Waals surface area contributed by atoms with Crippen molar-refractivity contribution in [2.24, 2.45) is 5.92 Å². The lowest BCUT2D eigenvalue weighted by Crippen LogP contribution is -2.31. The smallest absolute Gasteiger partial charge is 0.0453 e. The van der Waals surface area contributed by atoms with Crippen molar-refractivity contribution in [3.05, 3.63) is 33.8 Å². The summed E-state index contributed by atoms with van der Waals surface area (Å²) in [6, 6.07) is 6.79. The first kappa shape index (κ1) is 12.2. The second kappa shape index (κ2) is 4.95. The van der Waals surface area contributed by atoms with E-state index in [2.05, 4.69) is 19.2 Å². The quantitative estimate of drug-likeness (QED) is 0.863. The molecule has 0 bridgehead atoms. The van der Waals surface area contributed by atoms with Gasteiger partial charge in [-0.1, -0.05) is 36.2 Å². The Morgan fingerprint density at radius 2 is 1.94 bits per heavy atom. The molecule has 1 nitrogen and oxygen atoms in total. The molecule has 1 aliphatic carbocycles. The Kier molecular flexibility index (Phi) is 3.78. The fraction of sp³-hybridized carbons (Fsp3) is 0.538. The van der Waals surface area contributed by atoms with Crippen LogP contribution in [0.1, 0.15) is 25.8 Å². The first-order chi connectivity index (χ1) is 7.58. The van der Waals surface area contributed by atoms with Crippen LogP contribution in [0, 0.1) is 5.92 Å². The zero-order valence-electron chi connectivity index (χ0n) is 9.63. The summed E-state index contributed by atoms with van der Waals surface area (Å²) in [5.41, 5.74) is 1.05. The van der Waals surface area contributed by atoms with Gasteiger partial charge < -0.3 is 5.32 Å². The maximum Gasteiger partial charge on any atom is 0.0453 e. The Balaban J connectivity index is 1.97. The molecule has 3 heteroatoms. The lowest BCUT2D eigenvalue weighted by molar-refractivity contribution is 0.527. The number of hydrogen-bond donors (Lipinski definition) is 1. The summed E-state index contributed by atoms with van der Waals surface area (Å²) in [6.07, 6.45) is 2.18. The van der Waals surface area contributed by atoms with Crippen LogP contribution < -0.4 is 5.32 Å². The second-order valence-electron chi connectivity index (χ2n) is 4.79. The molecule has 1 aromatic carbocycles. The molecule has 0 aliphatic heterocycles. The molecule has 2 rings (SSSR count). The van der Waals surface area contributed by atoms with Gasteiger partial charge in [-0.15, -0.1) is 0 Å². The molecule has 3 unspecified atom stereocenters. The highest BCUT2D eigenvalue weighted by atomic mass is 35.5. The van der Waals surface area contributed by atoms with Gasteiger partial charge in [0.25, 0.3) is 0 Å². The third-order valence-electron chi connectivity index (χ3n) is 3.18. The molecule has 16 heavy (non-hydrogen) atoms. The fourth-order valence-corrected chi connectivity index (χ4v) is 2.56. The van der Waals surface area contributed by atoms with E-state index in [1.807, 2.05) is 18.2 Å². The van der Waals surface area contributed by atoms with E-state index in [-0.39, 0.29) is 0 Å². The molecule has 0 radical (unpaired) electrons. The summed E-state index contributed by atoms with van der Waals surface area (Å²) in [5.74, 6) is 0.823. The molecule has 88 valence electrons. The van der Waals surface area contributed by atoms with Gasteiger partial charge >= 0.3 is 0 Å². The van der Waals surface area contributed by atoms with E-state index in [1.165, 1.54) is 6.42 Å². The van der Waals surface area contributed by atoms with Crippen LogP contribution in [0.15, 0.2) is 18.2 Å². The summed E-state index contributed by atoms with van der Waals surface area (Å²) in [7, 11) is 0. The van der Waals surface area contributed by atoms with Crippen molar-refractivity contribution >= 4 is 23.2 Å². The maximum absolute atomic E-state index is 6.14. The molecular weight excluding hydrogens is 241 g/mol. The lowest BCUT2D eigenvalue weighted by atomic mass is 10.1. The molecule has 0 aromatic heterocycles. The van der Waals surface area contributed by atoms with E-state index < -0.39 is 0 Å². The van der Waals surface area contributed by atoms with Crippen LogP contribution in [0.2, 0.25) is 10.0 Å². The van der Waals surface area contributed by atoms with Gasteiger partial charge in [-0.25, -0.2) is 0 Å². The predicted molar refractivity (Wildman–Crippen MR) is 70.3 cm³/mol. The first-order valence-corrected chi connectivity index (χ1v) is 6.52. The number of rotatable bonds is 4. The molecule has 1 N–H and O–H groups in total. The van der Waals surface area contributed by atoms with Crippen LogP contribution in [0.25, 0.3) is 0 Å². The summed E-state index contributed by atoms with van der Waals surface area (Å²) in [6.45, 7) is 4.46. The van der Waals surface area contributed by atoms with Crippen molar-refractivity contribution in [1.29, 1.82) is 0 Å². The molecule has 0 heterocycles. The molecular formula is C13H17Cl2N. The van der Waals surface area contributed by atoms with Gasteiger partial charge in [0.15, 0.2) is 0 Å². The summed E-state index contributed by atoms with van der Waals surface area (Å²) < 4.78 is 0. The molecule has 1 aromatic rings. The van der Waals surface area contributed by atoms with Gasteiger partial charge in [-0.2, -0.15) is 0 Å². The van der Waals surface area contributed by atoms with Crippen LogP contribution in [0.3, 0.4) is 0 Å². The first-order valence-electron chi connectivity index (χ1n) is 5.77. The minimum Gasteiger partial charge on any atom is -0.311 e. The van der Waals surface area contributed by atoms with Gasteiger partial charge in [0.1, 0.15) is 0 Å². The van der Waals surface area contributed by atoms with Crippen molar-refractivity contribution in [3.63, 3.8) is 0 Å². The van der Waals surface area contributed by atoms with E-state index in [1.54, 1.807) is 0 Å².